The van der Waals surface area contributed by atoms with E-state index in [4.69, 9.17) is 9.84 Å². The molecule has 6 heteroatoms. The Hall–Kier alpha value is -2.08. The molecule has 0 atom stereocenters. The zero-order chi connectivity index (χ0) is 15.2. The van der Waals surface area contributed by atoms with Crippen molar-refractivity contribution in [3.8, 4) is 0 Å². The van der Waals surface area contributed by atoms with Gasteiger partial charge in [-0.1, -0.05) is 0 Å². The molecule has 0 aromatic heterocycles. The number of ether oxygens (including phenoxy) is 1. The van der Waals surface area contributed by atoms with Gasteiger partial charge in [0.1, 0.15) is 0 Å². The van der Waals surface area contributed by atoms with Gasteiger partial charge in [-0.15, -0.1) is 0 Å². The first-order valence-corrected chi connectivity index (χ1v) is 6.99. The Bertz CT molecular complexity index is 497. The van der Waals surface area contributed by atoms with Gasteiger partial charge in [0.2, 0.25) is 0 Å². The number of carbonyl (C=O) groups excluding carboxylic acids is 1. The van der Waals surface area contributed by atoms with Crippen LogP contribution in [0.4, 0.5) is 10.5 Å². The highest BCUT2D eigenvalue weighted by Gasteiger charge is 2.21. The molecule has 114 valence electrons. The van der Waals surface area contributed by atoms with Gasteiger partial charge in [-0.25, -0.2) is 9.59 Å². The van der Waals surface area contributed by atoms with Crippen molar-refractivity contribution in [3.05, 3.63) is 29.8 Å². The number of carbonyl (C=O) groups is 2. The summed E-state index contributed by atoms with van der Waals surface area (Å²) >= 11 is 0. The first kappa shape index (κ1) is 15.3. The average Bonchev–Trinajstić information content (AvgIpc) is 3.28. The van der Waals surface area contributed by atoms with E-state index in [0.717, 1.165) is 12.5 Å². The van der Waals surface area contributed by atoms with Crippen LogP contribution in [0, 0.1) is 5.92 Å². The van der Waals surface area contributed by atoms with Gasteiger partial charge in [0.15, 0.2) is 0 Å². The molecule has 1 saturated carbocycles. The van der Waals surface area contributed by atoms with Crippen molar-refractivity contribution in [1.82, 2.24) is 4.90 Å². The lowest BCUT2D eigenvalue weighted by atomic mass is 10.2. The molecule has 0 unspecified atom stereocenters. The van der Waals surface area contributed by atoms with Crippen LogP contribution in [0.3, 0.4) is 0 Å². The number of carboxylic acid groups (broad SMARTS) is 1. The maximum Gasteiger partial charge on any atom is 0.335 e. The van der Waals surface area contributed by atoms with Crippen LogP contribution in [0.15, 0.2) is 24.3 Å². The van der Waals surface area contributed by atoms with Crippen molar-refractivity contribution in [3.63, 3.8) is 0 Å². The number of hydrogen-bond acceptors (Lipinski definition) is 3. The summed E-state index contributed by atoms with van der Waals surface area (Å²) in [4.78, 5) is 24.2. The monoisotopic (exact) mass is 292 g/mol. The molecule has 1 aromatic carbocycles. The molecule has 0 saturated heterocycles. The van der Waals surface area contributed by atoms with E-state index in [9.17, 15) is 9.59 Å². The second-order valence-electron chi connectivity index (χ2n) is 5.25. The number of rotatable bonds is 7. The van der Waals surface area contributed by atoms with Gasteiger partial charge in [0.25, 0.3) is 0 Å². The van der Waals surface area contributed by atoms with Gasteiger partial charge < -0.3 is 20.1 Å². The Labute approximate surface area is 123 Å². The molecule has 1 aromatic rings. The minimum absolute atomic E-state index is 0.190. The van der Waals surface area contributed by atoms with E-state index in [-0.39, 0.29) is 11.6 Å². The molecule has 1 aliphatic rings. The Morgan fingerprint density at radius 3 is 2.57 bits per heavy atom. The van der Waals surface area contributed by atoms with E-state index in [1.165, 1.54) is 29.9 Å². The molecule has 2 amide bonds. The third-order valence-electron chi connectivity index (χ3n) is 3.35. The highest BCUT2D eigenvalue weighted by Crippen LogP contribution is 2.28. The van der Waals surface area contributed by atoms with Crippen molar-refractivity contribution >= 4 is 17.7 Å². The summed E-state index contributed by atoms with van der Waals surface area (Å²) in [5, 5.41) is 11.5. The predicted molar refractivity (Wildman–Crippen MR) is 78.6 cm³/mol. The maximum atomic E-state index is 11.9. The molecule has 1 aliphatic carbocycles. The molecule has 2 N–H and O–H groups in total. The predicted octanol–water partition coefficient (Wildman–Crippen LogP) is 2.28. The van der Waals surface area contributed by atoms with E-state index < -0.39 is 5.97 Å². The smallest absolute Gasteiger partial charge is 0.335 e. The summed E-state index contributed by atoms with van der Waals surface area (Å²) in [6.45, 7) is 1.83. The number of benzene rings is 1. The summed E-state index contributed by atoms with van der Waals surface area (Å²) < 4.78 is 5.48. The van der Waals surface area contributed by atoms with Crippen LogP contribution < -0.4 is 5.32 Å². The number of amides is 2. The van der Waals surface area contributed by atoms with E-state index in [2.05, 4.69) is 5.32 Å². The molecule has 2 rings (SSSR count). The highest BCUT2D eigenvalue weighted by atomic mass is 16.5. The number of hydrogen-bond donors (Lipinski definition) is 2. The fraction of sp³-hybridized carbons (Fsp3) is 0.467. The van der Waals surface area contributed by atoms with Gasteiger partial charge in [-0.2, -0.15) is 0 Å². The standard InChI is InChI=1S/C15H20N2O4/c1-17(8-9-21-10-11-2-3-11)15(20)16-13-6-4-12(5-7-13)14(18)19/h4-7,11H,2-3,8-10H2,1H3,(H,16,20)(H,18,19). The molecule has 0 bridgehead atoms. The molecular weight excluding hydrogens is 272 g/mol. The number of likely N-dealkylation sites (N-methyl/N-ethyl adjacent to an activating group) is 1. The highest BCUT2D eigenvalue weighted by molar-refractivity contribution is 5.91. The third kappa shape index (κ3) is 5.07. The fourth-order valence-electron chi connectivity index (χ4n) is 1.75. The summed E-state index contributed by atoms with van der Waals surface area (Å²) in [5.41, 5.74) is 0.755. The SMILES string of the molecule is CN(CCOCC1CC1)C(=O)Nc1ccc(C(=O)O)cc1. The second kappa shape index (κ2) is 7.08. The number of carboxylic acids is 1. The van der Waals surface area contributed by atoms with Crippen molar-refractivity contribution in [2.75, 3.05) is 32.1 Å². The number of nitrogens with one attached hydrogen (secondary N) is 1. The number of nitrogens with zero attached hydrogens (tertiary/aromatic N) is 1. The van der Waals surface area contributed by atoms with Gasteiger partial charge >= 0.3 is 12.0 Å². The zero-order valence-corrected chi connectivity index (χ0v) is 12.0. The van der Waals surface area contributed by atoms with Crippen LogP contribution in [0.1, 0.15) is 23.2 Å². The van der Waals surface area contributed by atoms with E-state index in [1.54, 1.807) is 19.2 Å². The second-order valence-corrected chi connectivity index (χ2v) is 5.25. The molecular formula is C15H20N2O4. The lowest BCUT2D eigenvalue weighted by Crippen LogP contribution is -2.34. The van der Waals surface area contributed by atoms with Crippen LogP contribution in [0.5, 0.6) is 0 Å². The van der Waals surface area contributed by atoms with E-state index >= 15 is 0 Å². The van der Waals surface area contributed by atoms with Crippen LogP contribution >= 0.6 is 0 Å². The van der Waals surface area contributed by atoms with E-state index in [1.807, 2.05) is 0 Å². The lowest BCUT2D eigenvalue weighted by molar-refractivity contribution is 0.0697. The molecule has 0 spiro atoms. The van der Waals surface area contributed by atoms with Gasteiger partial charge in [-0.3, -0.25) is 0 Å². The number of anilines is 1. The minimum Gasteiger partial charge on any atom is -0.478 e. The van der Waals surface area contributed by atoms with Crippen molar-refractivity contribution in [2.24, 2.45) is 5.92 Å². The van der Waals surface area contributed by atoms with Crippen LogP contribution in [0.2, 0.25) is 0 Å². The van der Waals surface area contributed by atoms with Crippen LogP contribution in [-0.4, -0.2) is 48.8 Å². The van der Waals surface area contributed by atoms with Gasteiger partial charge in [0.05, 0.1) is 12.2 Å². The molecule has 21 heavy (non-hydrogen) atoms. The number of urea groups is 1. The lowest BCUT2D eigenvalue weighted by Gasteiger charge is -2.18. The molecule has 1 fully saturated rings. The number of aromatic carboxylic acids is 1. The summed E-state index contributed by atoms with van der Waals surface area (Å²) in [7, 11) is 1.70. The maximum absolute atomic E-state index is 11.9. The van der Waals surface area contributed by atoms with Gasteiger partial charge in [0, 0.05) is 25.9 Å². The molecule has 0 aliphatic heterocycles. The molecule has 0 heterocycles. The van der Waals surface area contributed by atoms with E-state index in [0.29, 0.717) is 18.8 Å². The first-order chi connectivity index (χ1) is 10.1. The average molecular weight is 292 g/mol. The largest absolute Gasteiger partial charge is 0.478 e. The fourth-order valence-corrected chi connectivity index (χ4v) is 1.75. The van der Waals surface area contributed by atoms with Crippen LogP contribution in [0.25, 0.3) is 0 Å². The summed E-state index contributed by atoms with van der Waals surface area (Å²) in [6, 6.07) is 5.80. The molecule has 0 radical (unpaired) electrons. The Balaban J connectivity index is 1.72. The zero-order valence-electron chi connectivity index (χ0n) is 12.0. The van der Waals surface area contributed by atoms with Crippen molar-refractivity contribution in [1.29, 1.82) is 0 Å². The Morgan fingerprint density at radius 1 is 1.33 bits per heavy atom. The Kier molecular flexibility index (Phi) is 5.16. The first-order valence-electron chi connectivity index (χ1n) is 6.99. The minimum atomic E-state index is -0.988. The topological polar surface area (TPSA) is 78.9 Å². The quantitative estimate of drug-likeness (QED) is 0.756. The Morgan fingerprint density at radius 2 is 2.00 bits per heavy atom. The van der Waals surface area contributed by atoms with Crippen molar-refractivity contribution in [2.45, 2.75) is 12.8 Å². The normalized spacial score (nSPS) is 13.8. The summed E-state index contributed by atoms with van der Waals surface area (Å²) in [6.07, 6.45) is 2.51. The molecule has 6 nitrogen and oxygen atoms in total. The summed E-state index contributed by atoms with van der Waals surface area (Å²) in [5.74, 6) is -0.269. The third-order valence-corrected chi connectivity index (χ3v) is 3.35. The van der Waals surface area contributed by atoms with Crippen LogP contribution in [-0.2, 0) is 4.74 Å². The van der Waals surface area contributed by atoms with Crippen molar-refractivity contribution < 1.29 is 19.4 Å². The van der Waals surface area contributed by atoms with Gasteiger partial charge in [-0.05, 0) is 43.0 Å².